The number of hydrogen-bond donors (Lipinski definition) is 1. The molecular formula is C10H10N4O. The summed E-state index contributed by atoms with van der Waals surface area (Å²) >= 11 is 0. The van der Waals surface area contributed by atoms with Gasteiger partial charge < -0.3 is 5.73 Å². The minimum atomic E-state index is -0.492. The summed E-state index contributed by atoms with van der Waals surface area (Å²) in [6.45, 7) is 1.94. The number of aryl methyl sites for hydroxylation is 1. The predicted octanol–water partition coefficient (Wildman–Crippen LogP) is 0.675. The van der Waals surface area contributed by atoms with Crippen LogP contribution < -0.4 is 5.73 Å². The van der Waals surface area contributed by atoms with E-state index in [1.165, 1.54) is 6.20 Å². The first kappa shape index (κ1) is 9.39. The van der Waals surface area contributed by atoms with E-state index in [9.17, 15) is 4.79 Å². The highest BCUT2D eigenvalue weighted by Crippen LogP contribution is 2.08. The maximum absolute atomic E-state index is 10.9. The van der Waals surface area contributed by atoms with Gasteiger partial charge >= 0.3 is 0 Å². The van der Waals surface area contributed by atoms with Crippen molar-refractivity contribution in [1.29, 1.82) is 0 Å². The largest absolute Gasteiger partial charge is 0.366 e. The van der Waals surface area contributed by atoms with Gasteiger partial charge in [0, 0.05) is 12.4 Å². The van der Waals surface area contributed by atoms with Crippen molar-refractivity contribution in [1.82, 2.24) is 14.8 Å². The van der Waals surface area contributed by atoms with Crippen LogP contribution in [0.15, 0.2) is 30.9 Å². The topological polar surface area (TPSA) is 73.8 Å². The summed E-state index contributed by atoms with van der Waals surface area (Å²) in [5.74, 6) is -0.492. The Morgan fingerprint density at radius 2 is 2.20 bits per heavy atom. The summed E-state index contributed by atoms with van der Waals surface area (Å²) in [6.07, 6.45) is 6.64. The van der Waals surface area contributed by atoms with Crippen LogP contribution in [0.4, 0.5) is 0 Å². The fraction of sp³-hybridized carbons (Fsp3) is 0.100. The van der Waals surface area contributed by atoms with Gasteiger partial charge in [-0.1, -0.05) is 0 Å². The van der Waals surface area contributed by atoms with Gasteiger partial charge in [0.25, 0.3) is 0 Å². The molecule has 2 N–H and O–H groups in total. The molecule has 2 heterocycles. The van der Waals surface area contributed by atoms with Crippen LogP contribution in [0.5, 0.6) is 0 Å². The number of aromatic nitrogens is 3. The number of carbonyl (C=O) groups excluding carboxylic acids is 1. The molecule has 0 saturated carbocycles. The van der Waals surface area contributed by atoms with Gasteiger partial charge in [-0.2, -0.15) is 5.10 Å². The highest BCUT2D eigenvalue weighted by molar-refractivity contribution is 5.92. The lowest BCUT2D eigenvalue weighted by atomic mass is 10.2. The Morgan fingerprint density at radius 3 is 2.80 bits per heavy atom. The van der Waals surface area contributed by atoms with Crippen molar-refractivity contribution < 1.29 is 4.79 Å². The summed E-state index contributed by atoms with van der Waals surface area (Å²) in [4.78, 5) is 14.9. The zero-order valence-corrected chi connectivity index (χ0v) is 8.21. The molecule has 0 aliphatic carbocycles. The second-order valence-electron chi connectivity index (χ2n) is 3.26. The first-order valence-electron chi connectivity index (χ1n) is 4.43. The fourth-order valence-corrected chi connectivity index (χ4v) is 1.24. The molecule has 0 spiro atoms. The molecule has 76 valence electrons. The fourth-order valence-electron chi connectivity index (χ4n) is 1.24. The number of primary amides is 1. The van der Waals surface area contributed by atoms with Crippen molar-refractivity contribution in [2.75, 3.05) is 0 Å². The molecule has 2 rings (SSSR count). The Hall–Kier alpha value is -2.17. The smallest absolute Gasteiger partial charge is 0.250 e. The normalized spacial score (nSPS) is 10.2. The number of amides is 1. The Balaban J connectivity index is 2.45. The van der Waals surface area contributed by atoms with E-state index >= 15 is 0 Å². The lowest BCUT2D eigenvalue weighted by Gasteiger charge is -2.01. The number of rotatable bonds is 2. The molecule has 0 unspecified atom stereocenters. The third kappa shape index (κ3) is 1.85. The van der Waals surface area contributed by atoms with E-state index in [4.69, 9.17) is 5.73 Å². The zero-order valence-electron chi connectivity index (χ0n) is 8.21. The minimum Gasteiger partial charge on any atom is -0.366 e. The number of carbonyl (C=O) groups is 1. The number of hydrogen-bond acceptors (Lipinski definition) is 3. The standard InChI is InChI=1S/C10H10N4O/c1-7-3-13-14(6-7)9-2-8(10(11)15)4-12-5-9/h2-6H,1H3,(H2,11,15). The molecule has 5 heteroatoms. The van der Waals surface area contributed by atoms with E-state index in [0.29, 0.717) is 5.56 Å². The molecule has 15 heavy (non-hydrogen) atoms. The van der Waals surface area contributed by atoms with Crippen LogP contribution in [0.1, 0.15) is 15.9 Å². The van der Waals surface area contributed by atoms with Crippen LogP contribution in [0, 0.1) is 6.92 Å². The van der Waals surface area contributed by atoms with Crippen LogP contribution in [0.3, 0.4) is 0 Å². The van der Waals surface area contributed by atoms with Gasteiger partial charge in [-0.05, 0) is 18.6 Å². The molecule has 0 radical (unpaired) electrons. The van der Waals surface area contributed by atoms with Gasteiger partial charge in [0.2, 0.25) is 5.91 Å². The molecule has 5 nitrogen and oxygen atoms in total. The van der Waals surface area contributed by atoms with Crippen molar-refractivity contribution in [3.05, 3.63) is 42.0 Å². The maximum atomic E-state index is 10.9. The van der Waals surface area contributed by atoms with Gasteiger partial charge in [-0.25, -0.2) is 4.68 Å². The third-order valence-corrected chi connectivity index (χ3v) is 1.98. The van der Waals surface area contributed by atoms with Crippen LogP contribution in [-0.4, -0.2) is 20.7 Å². The summed E-state index contributed by atoms with van der Waals surface area (Å²) < 4.78 is 1.65. The molecular weight excluding hydrogens is 192 g/mol. The monoisotopic (exact) mass is 202 g/mol. The van der Waals surface area contributed by atoms with Crippen LogP contribution in [0.25, 0.3) is 5.69 Å². The number of nitrogens with two attached hydrogens (primary N) is 1. The average Bonchev–Trinajstić information content (AvgIpc) is 2.65. The van der Waals surface area contributed by atoms with Crippen LogP contribution in [0.2, 0.25) is 0 Å². The minimum absolute atomic E-state index is 0.376. The van der Waals surface area contributed by atoms with Gasteiger partial charge in [-0.15, -0.1) is 0 Å². The van der Waals surface area contributed by atoms with Gasteiger partial charge in [0.05, 0.1) is 23.6 Å². The lowest BCUT2D eigenvalue weighted by molar-refractivity contribution is 0.1000. The molecule has 0 atom stereocenters. The van der Waals surface area contributed by atoms with E-state index in [0.717, 1.165) is 11.3 Å². The van der Waals surface area contributed by atoms with Crippen molar-refractivity contribution in [3.63, 3.8) is 0 Å². The van der Waals surface area contributed by atoms with E-state index < -0.39 is 5.91 Å². The molecule has 2 aromatic heterocycles. The van der Waals surface area contributed by atoms with E-state index in [2.05, 4.69) is 10.1 Å². The molecule has 0 aliphatic heterocycles. The van der Waals surface area contributed by atoms with E-state index in [1.807, 2.05) is 13.1 Å². The average molecular weight is 202 g/mol. The van der Waals surface area contributed by atoms with Crippen LogP contribution in [-0.2, 0) is 0 Å². The van der Waals surface area contributed by atoms with Gasteiger partial charge in [0.15, 0.2) is 0 Å². The molecule has 0 aliphatic rings. The molecule has 0 saturated heterocycles. The number of nitrogens with zero attached hydrogens (tertiary/aromatic N) is 3. The SMILES string of the molecule is Cc1cnn(-c2cncc(C(N)=O)c2)c1. The Bertz CT molecular complexity index is 504. The predicted molar refractivity (Wildman–Crippen MR) is 54.6 cm³/mol. The molecule has 0 fully saturated rings. The van der Waals surface area contributed by atoms with Crippen molar-refractivity contribution in [2.45, 2.75) is 6.92 Å². The summed E-state index contributed by atoms with van der Waals surface area (Å²) in [7, 11) is 0. The lowest BCUT2D eigenvalue weighted by Crippen LogP contribution is -2.12. The summed E-state index contributed by atoms with van der Waals surface area (Å²) in [6, 6.07) is 1.65. The van der Waals surface area contributed by atoms with E-state index in [1.54, 1.807) is 23.1 Å². The highest BCUT2D eigenvalue weighted by atomic mass is 16.1. The Labute approximate surface area is 86.5 Å². The van der Waals surface area contributed by atoms with E-state index in [-0.39, 0.29) is 0 Å². The molecule has 0 aromatic carbocycles. The molecule has 1 amide bonds. The summed E-state index contributed by atoms with van der Waals surface area (Å²) in [5.41, 5.74) is 7.30. The van der Waals surface area contributed by atoms with Gasteiger partial charge in [-0.3, -0.25) is 9.78 Å². The Kier molecular flexibility index (Phi) is 2.21. The Morgan fingerprint density at radius 1 is 1.40 bits per heavy atom. The zero-order chi connectivity index (χ0) is 10.8. The van der Waals surface area contributed by atoms with Crippen molar-refractivity contribution in [3.8, 4) is 5.69 Å². The second kappa shape index (κ2) is 3.53. The third-order valence-electron chi connectivity index (χ3n) is 1.98. The first-order chi connectivity index (χ1) is 7.16. The first-order valence-corrected chi connectivity index (χ1v) is 4.43. The second-order valence-corrected chi connectivity index (χ2v) is 3.26. The van der Waals surface area contributed by atoms with Crippen molar-refractivity contribution in [2.24, 2.45) is 5.73 Å². The molecule has 2 aromatic rings. The number of pyridine rings is 1. The van der Waals surface area contributed by atoms with Crippen molar-refractivity contribution >= 4 is 5.91 Å². The quantitative estimate of drug-likeness (QED) is 0.778. The highest BCUT2D eigenvalue weighted by Gasteiger charge is 2.04. The van der Waals surface area contributed by atoms with Crippen LogP contribution >= 0.6 is 0 Å². The summed E-state index contributed by atoms with van der Waals surface area (Å²) in [5, 5.41) is 4.11. The maximum Gasteiger partial charge on any atom is 0.250 e. The molecule has 0 bridgehead atoms. The van der Waals surface area contributed by atoms with Gasteiger partial charge in [0.1, 0.15) is 0 Å².